The Bertz CT molecular complexity index is 459. The minimum absolute atomic E-state index is 0.0579. The second-order valence-corrected chi connectivity index (χ2v) is 5.72. The fourth-order valence-electron chi connectivity index (χ4n) is 2.57. The predicted octanol–water partition coefficient (Wildman–Crippen LogP) is 3.85. The highest BCUT2D eigenvalue weighted by Gasteiger charge is 2.19. The zero-order valence-electron chi connectivity index (χ0n) is 11.3. The molecule has 2 rings (SSSR count). The van der Waals surface area contributed by atoms with Gasteiger partial charge >= 0.3 is 0 Å². The van der Waals surface area contributed by atoms with Crippen molar-refractivity contribution >= 4 is 15.9 Å². The predicted molar refractivity (Wildman–Crippen MR) is 81.9 cm³/mol. The van der Waals surface area contributed by atoms with E-state index in [1.807, 2.05) is 18.2 Å². The average molecular weight is 325 g/mol. The Labute approximate surface area is 123 Å². The summed E-state index contributed by atoms with van der Waals surface area (Å²) in [5.74, 6) is 6.65. The van der Waals surface area contributed by atoms with E-state index in [2.05, 4.69) is 27.4 Å². The van der Waals surface area contributed by atoms with E-state index >= 15 is 0 Å². The highest BCUT2D eigenvalue weighted by Crippen LogP contribution is 2.34. The van der Waals surface area contributed by atoms with Crippen LogP contribution in [-0.2, 0) is 0 Å². The Kier molecular flexibility index (Phi) is 5.43. The Hall–Kier alpha value is -0.840. The lowest BCUT2D eigenvalue weighted by Gasteiger charge is -2.21. The van der Waals surface area contributed by atoms with Crippen LogP contribution in [0.25, 0.3) is 0 Å². The molecule has 0 amide bonds. The molecule has 19 heavy (non-hydrogen) atoms. The SMILES string of the molecule is COc1ccc(Br)c(C(NN)C2=CCCCCC2)c1. The molecule has 104 valence electrons. The number of allylic oxidation sites excluding steroid dienone is 1. The highest BCUT2D eigenvalue weighted by molar-refractivity contribution is 9.10. The van der Waals surface area contributed by atoms with Gasteiger partial charge in [0.2, 0.25) is 0 Å². The van der Waals surface area contributed by atoms with Crippen LogP contribution in [0.15, 0.2) is 34.3 Å². The summed E-state index contributed by atoms with van der Waals surface area (Å²) in [6.45, 7) is 0. The molecule has 1 aromatic carbocycles. The van der Waals surface area contributed by atoms with Gasteiger partial charge in [0.05, 0.1) is 13.2 Å². The molecular weight excluding hydrogens is 304 g/mol. The van der Waals surface area contributed by atoms with Crippen molar-refractivity contribution in [1.29, 1.82) is 0 Å². The van der Waals surface area contributed by atoms with Crippen LogP contribution in [0, 0.1) is 0 Å². The van der Waals surface area contributed by atoms with Gasteiger partial charge in [-0.15, -0.1) is 0 Å². The molecule has 1 aliphatic carbocycles. The molecule has 0 saturated heterocycles. The van der Waals surface area contributed by atoms with Crippen LogP contribution in [0.3, 0.4) is 0 Å². The van der Waals surface area contributed by atoms with E-state index in [9.17, 15) is 0 Å². The maximum Gasteiger partial charge on any atom is 0.119 e. The number of ether oxygens (including phenoxy) is 1. The van der Waals surface area contributed by atoms with Crippen molar-refractivity contribution in [1.82, 2.24) is 5.43 Å². The van der Waals surface area contributed by atoms with Crippen LogP contribution in [-0.4, -0.2) is 7.11 Å². The summed E-state index contributed by atoms with van der Waals surface area (Å²) in [4.78, 5) is 0. The van der Waals surface area contributed by atoms with Crippen LogP contribution >= 0.6 is 15.9 Å². The molecule has 0 fully saturated rings. The van der Waals surface area contributed by atoms with Crippen LogP contribution in [0.1, 0.15) is 43.7 Å². The molecule has 1 atom stereocenters. The first-order chi connectivity index (χ1) is 9.26. The van der Waals surface area contributed by atoms with Gasteiger partial charge in [-0.05, 0) is 49.4 Å². The first kappa shape index (κ1) is 14.6. The topological polar surface area (TPSA) is 47.3 Å². The normalized spacial score (nSPS) is 17.5. The number of hydrazine groups is 1. The lowest BCUT2D eigenvalue weighted by Crippen LogP contribution is -2.29. The van der Waals surface area contributed by atoms with Gasteiger partial charge in [-0.2, -0.15) is 0 Å². The van der Waals surface area contributed by atoms with Gasteiger partial charge in [0, 0.05) is 4.47 Å². The maximum absolute atomic E-state index is 5.79. The Morgan fingerprint density at radius 3 is 2.89 bits per heavy atom. The molecule has 0 radical (unpaired) electrons. The number of benzene rings is 1. The van der Waals surface area contributed by atoms with E-state index in [1.165, 1.54) is 24.8 Å². The van der Waals surface area contributed by atoms with E-state index in [-0.39, 0.29) is 6.04 Å². The fraction of sp³-hybridized carbons (Fsp3) is 0.467. The molecule has 1 aliphatic rings. The summed E-state index contributed by atoms with van der Waals surface area (Å²) in [5.41, 5.74) is 5.47. The smallest absolute Gasteiger partial charge is 0.119 e. The van der Waals surface area contributed by atoms with Crippen LogP contribution in [0.2, 0.25) is 0 Å². The molecule has 0 aromatic heterocycles. The van der Waals surface area contributed by atoms with Crippen molar-refractivity contribution in [3.05, 3.63) is 39.9 Å². The van der Waals surface area contributed by atoms with Gasteiger partial charge in [0.15, 0.2) is 0 Å². The van der Waals surface area contributed by atoms with Crippen molar-refractivity contribution in [2.45, 2.75) is 38.1 Å². The van der Waals surface area contributed by atoms with Gasteiger partial charge in [-0.25, -0.2) is 5.43 Å². The van der Waals surface area contributed by atoms with Crippen LogP contribution < -0.4 is 16.0 Å². The summed E-state index contributed by atoms with van der Waals surface area (Å²) in [7, 11) is 1.68. The number of halogens is 1. The molecule has 0 heterocycles. The first-order valence-corrected chi connectivity index (χ1v) is 7.54. The third kappa shape index (κ3) is 3.59. The highest BCUT2D eigenvalue weighted by atomic mass is 79.9. The van der Waals surface area contributed by atoms with Crippen molar-refractivity contribution < 1.29 is 4.74 Å². The van der Waals surface area contributed by atoms with Crippen molar-refractivity contribution in [3.8, 4) is 5.75 Å². The fourth-order valence-corrected chi connectivity index (χ4v) is 3.04. The molecule has 4 heteroatoms. The standard InChI is InChI=1S/C15H21BrN2O/c1-19-12-8-9-14(16)13(10-12)15(18-17)11-6-4-2-3-5-7-11/h6,8-10,15,18H,2-5,7,17H2,1H3. The molecule has 0 aliphatic heterocycles. The Morgan fingerprint density at radius 2 is 2.16 bits per heavy atom. The van der Waals surface area contributed by atoms with E-state index in [0.29, 0.717) is 0 Å². The summed E-state index contributed by atoms with van der Waals surface area (Å²) in [6.07, 6.45) is 8.42. The molecule has 0 bridgehead atoms. The number of nitrogens with one attached hydrogen (secondary N) is 1. The molecular formula is C15H21BrN2O. The van der Waals surface area contributed by atoms with Crippen molar-refractivity contribution in [2.24, 2.45) is 5.84 Å². The molecule has 3 N–H and O–H groups in total. The second-order valence-electron chi connectivity index (χ2n) is 4.87. The molecule has 1 unspecified atom stereocenters. The zero-order valence-corrected chi connectivity index (χ0v) is 12.9. The van der Waals surface area contributed by atoms with Gasteiger partial charge in [-0.3, -0.25) is 5.84 Å². The number of methoxy groups -OCH3 is 1. The summed E-state index contributed by atoms with van der Waals surface area (Å²) in [6, 6.07) is 6.06. The van der Waals surface area contributed by atoms with Gasteiger partial charge in [0.1, 0.15) is 5.75 Å². The van der Waals surface area contributed by atoms with Crippen molar-refractivity contribution in [2.75, 3.05) is 7.11 Å². The lowest BCUT2D eigenvalue weighted by atomic mass is 9.95. The average Bonchev–Trinajstić information content (AvgIpc) is 2.71. The van der Waals surface area contributed by atoms with Crippen LogP contribution in [0.4, 0.5) is 0 Å². The first-order valence-electron chi connectivity index (χ1n) is 6.74. The van der Waals surface area contributed by atoms with E-state index in [0.717, 1.165) is 28.6 Å². The Balaban J connectivity index is 2.32. The van der Waals surface area contributed by atoms with E-state index < -0.39 is 0 Å². The summed E-state index contributed by atoms with van der Waals surface area (Å²) < 4.78 is 6.36. The minimum Gasteiger partial charge on any atom is -0.497 e. The number of nitrogens with two attached hydrogens (primary N) is 1. The number of rotatable bonds is 4. The molecule has 0 spiro atoms. The largest absolute Gasteiger partial charge is 0.497 e. The third-order valence-corrected chi connectivity index (χ3v) is 4.35. The van der Waals surface area contributed by atoms with Crippen molar-refractivity contribution in [3.63, 3.8) is 0 Å². The second kappa shape index (κ2) is 7.08. The molecule has 0 saturated carbocycles. The summed E-state index contributed by atoms with van der Waals surface area (Å²) >= 11 is 3.61. The molecule has 3 nitrogen and oxygen atoms in total. The lowest BCUT2D eigenvalue weighted by molar-refractivity contribution is 0.413. The summed E-state index contributed by atoms with van der Waals surface area (Å²) in [5, 5.41) is 0. The maximum atomic E-state index is 5.79. The van der Waals surface area contributed by atoms with Gasteiger partial charge < -0.3 is 4.74 Å². The number of hydrogen-bond donors (Lipinski definition) is 2. The number of hydrogen-bond acceptors (Lipinski definition) is 3. The third-order valence-electron chi connectivity index (χ3n) is 3.63. The monoisotopic (exact) mass is 324 g/mol. The Morgan fingerprint density at radius 1 is 1.32 bits per heavy atom. The quantitative estimate of drug-likeness (QED) is 0.502. The van der Waals surface area contributed by atoms with Crippen LogP contribution in [0.5, 0.6) is 5.75 Å². The van der Waals surface area contributed by atoms with E-state index in [1.54, 1.807) is 7.11 Å². The molecule has 1 aromatic rings. The van der Waals surface area contributed by atoms with Gasteiger partial charge in [0.25, 0.3) is 0 Å². The minimum atomic E-state index is 0.0579. The van der Waals surface area contributed by atoms with Gasteiger partial charge in [-0.1, -0.05) is 34.0 Å². The zero-order chi connectivity index (χ0) is 13.7. The van der Waals surface area contributed by atoms with E-state index in [4.69, 9.17) is 10.6 Å².